The molecule has 0 aliphatic heterocycles. The Morgan fingerprint density at radius 2 is 1.56 bits per heavy atom. The Hall–Kier alpha value is -3.23. The normalized spacial score (nSPS) is 12.3. The molecule has 32 heavy (non-hydrogen) atoms. The van der Waals surface area contributed by atoms with Crippen LogP contribution in [0.5, 0.6) is 0 Å². The van der Waals surface area contributed by atoms with E-state index in [0.717, 1.165) is 21.3 Å². The van der Waals surface area contributed by atoms with Gasteiger partial charge in [-0.25, -0.2) is 8.42 Å². The zero-order valence-corrected chi connectivity index (χ0v) is 19.9. The molecular formula is C24H23N3O3S2. The van der Waals surface area contributed by atoms with Gasteiger partial charge in [-0.05, 0) is 61.4 Å². The first kappa shape index (κ1) is 22.0. The average Bonchev–Trinajstić information content (AvgIpc) is 3.13. The van der Waals surface area contributed by atoms with Crippen LogP contribution in [-0.4, -0.2) is 25.9 Å². The molecule has 0 aliphatic rings. The number of fused-ring (bicyclic) bond motifs is 1. The second-order valence-electron chi connectivity index (χ2n) is 7.57. The molecule has 1 heterocycles. The molecule has 0 N–H and O–H groups in total. The van der Waals surface area contributed by atoms with Gasteiger partial charge in [0.05, 0.1) is 20.8 Å². The fourth-order valence-corrected chi connectivity index (χ4v) is 5.88. The molecule has 164 valence electrons. The van der Waals surface area contributed by atoms with Crippen LogP contribution in [0.15, 0.2) is 76.6 Å². The topological polar surface area (TPSA) is 71.7 Å². The number of nitrogens with zero attached hydrogens (tertiary/aromatic N) is 3. The van der Waals surface area contributed by atoms with Crippen LogP contribution in [0.1, 0.15) is 21.5 Å². The van der Waals surface area contributed by atoms with Crippen molar-refractivity contribution < 1.29 is 13.2 Å². The third-order valence-corrected chi connectivity index (χ3v) is 8.49. The number of rotatable bonds is 4. The molecule has 0 spiro atoms. The van der Waals surface area contributed by atoms with Gasteiger partial charge in [0.2, 0.25) is 0 Å². The highest BCUT2D eigenvalue weighted by Gasteiger charge is 2.21. The van der Waals surface area contributed by atoms with Gasteiger partial charge >= 0.3 is 0 Å². The summed E-state index contributed by atoms with van der Waals surface area (Å²) in [7, 11) is -0.338. The second-order valence-corrected chi connectivity index (χ2v) is 10.5. The number of aryl methyl sites for hydroxylation is 3. The van der Waals surface area contributed by atoms with E-state index in [2.05, 4.69) is 17.1 Å². The first-order valence-corrected chi connectivity index (χ1v) is 12.2. The number of benzene rings is 3. The monoisotopic (exact) mass is 465 g/mol. The van der Waals surface area contributed by atoms with Gasteiger partial charge in [-0.2, -0.15) is 4.99 Å². The smallest absolute Gasteiger partial charge is 0.279 e. The number of aromatic nitrogens is 1. The Bertz CT molecular complexity index is 1480. The number of thiazole rings is 1. The SMILES string of the molecule is Cc1ccc(C)c2c1sc(=NC(=O)c1ccc(S(=O)(=O)N(C)c3ccccc3)cc1)n2C. The predicted octanol–water partition coefficient (Wildman–Crippen LogP) is 4.42. The molecule has 0 saturated heterocycles. The number of anilines is 1. The Morgan fingerprint density at radius 3 is 2.19 bits per heavy atom. The molecule has 0 aliphatic carbocycles. The van der Waals surface area contributed by atoms with Gasteiger partial charge in [0, 0.05) is 19.7 Å². The van der Waals surface area contributed by atoms with Crippen LogP contribution in [0.2, 0.25) is 0 Å². The number of sulfonamides is 1. The lowest BCUT2D eigenvalue weighted by atomic mass is 10.1. The van der Waals surface area contributed by atoms with Crippen LogP contribution in [0.4, 0.5) is 5.69 Å². The zero-order chi connectivity index (χ0) is 23.0. The number of carbonyl (C=O) groups excluding carboxylic acids is 1. The predicted molar refractivity (Wildman–Crippen MR) is 129 cm³/mol. The molecule has 0 fully saturated rings. The van der Waals surface area contributed by atoms with Crippen molar-refractivity contribution in [1.29, 1.82) is 0 Å². The van der Waals surface area contributed by atoms with Gasteiger partial charge in [0.1, 0.15) is 0 Å². The van der Waals surface area contributed by atoms with Gasteiger partial charge in [-0.15, -0.1) is 0 Å². The summed E-state index contributed by atoms with van der Waals surface area (Å²) in [4.78, 5) is 17.8. The quantitative estimate of drug-likeness (QED) is 0.448. The van der Waals surface area contributed by atoms with Gasteiger partial charge < -0.3 is 4.57 Å². The molecule has 0 atom stereocenters. The van der Waals surface area contributed by atoms with Crippen LogP contribution < -0.4 is 9.11 Å². The van der Waals surface area contributed by atoms with Crippen molar-refractivity contribution in [3.8, 4) is 0 Å². The first-order valence-electron chi connectivity index (χ1n) is 9.99. The van der Waals surface area contributed by atoms with Crippen LogP contribution in [-0.2, 0) is 17.1 Å². The van der Waals surface area contributed by atoms with E-state index >= 15 is 0 Å². The molecule has 0 unspecified atom stereocenters. The third-order valence-electron chi connectivity index (χ3n) is 5.42. The van der Waals surface area contributed by atoms with E-state index in [0.29, 0.717) is 16.1 Å². The minimum Gasteiger partial charge on any atom is -0.319 e. The largest absolute Gasteiger partial charge is 0.319 e. The molecule has 1 amide bonds. The van der Waals surface area contributed by atoms with Crippen LogP contribution >= 0.6 is 11.3 Å². The molecule has 4 rings (SSSR count). The number of hydrogen-bond donors (Lipinski definition) is 0. The number of amides is 1. The summed E-state index contributed by atoms with van der Waals surface area (Å²) in [5, 5.41) is 0. The van der Waals surface area contributed by atoms with Crippen LogP contribution in [0, 0.1) is 13.8 Å². The summed E-state index contributed by atoms with van der Waals surface area (Å²) >= 11 is 1.47. The lowest BCUT2D eigenvalue weighted by molar-refractivity contribution is 0.0998. The maximum atomic E-state index is 12.9. The first-order chi connectivity index (χ1) is 15.2. The van der Waals surface area contributed by atoms with Crippen LogP contribution in [0.25, 0.3) is 10.2 Å². The fourth-order valence-electron chi connectivity index (χ4n) is 3.53. The van der Waals surface area contributed by atoms with Gasteiger partial charge in [0.15, 0.2) is 4.80 Å². The van der Waals surface area contributed by atoms with E-state index in [4.69, 9.17) is 0 Å². The molecule has 1 aromatic heterocycles. The van der Waals surface area contributed by atoms with Crippen molar-refractivity contribution in [3.05, 3.63) is 88.2 Å². The maximum absolute atomic E-state index is 12.9. The van der Waals surface area contributed by atoms with Gasteiger partial charge in [-0.1, -0.05) is 41.7 Å². The molecular weight excluding hydrogens is 442 g/mol. The Balaban J connectivity index is 1.66. The number of para-hydroxylation sites is 1. The molecule has 0 bridgehead atoms. The highest BCUT2D eigenvalue weighted by molar-refractivity contribution is 7.92. The molecule has 8 heteroatoms. The van der Waals surface area contributed by atoms with Gasteiger partial charge in [-0.3, -0.25) is 9.10 Å². The minimum atomic E-state index is -3.74. The van der Waals surface area contributed by atoms with Crippen LogP contribution in [0.3, 0.4) is 0 Å². The standard InChI is InChI=1S/C24H23N3O3S2/c1-16-10-11-17(2)22-21(16)26(3)24(31-22)25-23(28)18-12-14-20(15-13-18)32(29,30)27(4)19-8-6-5-7-9-19/h5-15H,1-4H3. The summed E-state index contributed by atoms with van der Waals surface area (Å²) in [6, 6.07) is 18.8. The van der Waals surface area contributed by atoms with E-state index in [-0.39, 0.29) is 4.90 Å². The third kappa shape index (κ3) is 3.87. The summed E-state index contributed by atoms with van der Waals surface area (Å²) in [6.07, 6.45) is 0. The fraction of sp³-hybridized carbons (Fsp3) is 0.167. The van der Waals surface area contributed by atoms with E-state index in [9.17, 15) is 13.2 Å². The highest BCUT2D eigenvalue weighted by Crippen LogP contribution is 2.24. The Labute approximate surface area is 191 Å². The van der Waals surface area contributed by atoms with Gasteiger partial charge in [0.25, 0.3) is 15.9 Å². The number of carbonyl (C=O) groups is 1. The zero-order valence-electron chi connectivity index (χ0n) is 18.2. The molecule has 0 saturated carbocycles. The minimum absolute atomic E-state index is 0.110. The van der Waals surface area contributed by atoms with E-state index < -0.39 is 15.9 Å². The summed E-state index contributed by atoms with van der Waals surface area (Å²) in [5.74, 6) is -0.414. The highest BCUT2D eigenvalue weighted by atomic mass is 32.2. The van der Waals surface area contributed by atoms with E-state index in [1.807, 2.05) is 31.5 Å². The van der Waals surface area contributed by atoms with Crippen molar-refractivity contribution in [3.63, 3.8) is 0 Å². The lowest BCUT2D eigenvalue weighted by Crippen LogP contribution is -2.26. The molecule has 3 aromatic carbocycles. The maximum Gasteiger partial charge on any atom is 0.279 e. The Morgan fingerprint density at radius 1 is 0.938 bits per heavy atom. The van der Waals surface area contributed by atoms with Crippen molar-refractivity contribution in [2.75, 3.05) is 11.4 Å². The van der Waals surface area contributed by atoms with E-state index in [1.165, 1.54) is 47.0 Å². The second kappa shape index (κ2) is 8.37. The van der Waals surface area contributed by atoms with Crippen molar-refractivity contribution in [2.45, 2.75) is 18.7 Å². The van der Waals surface area contributed by atoms with Crippen molar-refractivity contribution >= 4 is 43.2 Å². The summed E-state index contributed by atoms with van der Waals surface area (Å²) in [5.41, 5.74) is 4.21. The average molecular weight is 466 g/mol. The van der Waals surface area contributed by atoms with Crippen molar-refractivity contribution in [1.82, 2.24) is 4.57 Å². The lowest BCUT2D eigenvalue weighted by Gasteiger charge is -2.19. The number of hydrogen-bond acceptors (Lipinski definition) is 4. The molecule has 4 aromatic rings. The summed E-state index contributed by atoms with van der Waals surface area (Å²) < 4.78 is 30.1. The molecule has 0 radical (unpaired) electrons. The molecule has 6 nitrogen and oxygen atoms in total. The Kier molecular flexibility index (Phi) is 5.75. The van der Waals surface area contributed by atoms with E-state index in [1.54, 1.807) is 24.3 Å². The summed E-state index contributed by atoms with van der Waals surface area (Å²) in [6.45, 7) is 4.07. The van der Waals surface area contributed by atoms with Crippen molar-refractivity contribution in [2.24, 2.45) is 12.0 Å².